The Morgan fingerprint density at radius 1 is 1.17 bits per heavy atom. The normalized spacial score (nSPS) is 18.6. The van der Waals surface area contributed by atoms with Crippen molar-refractivity contribution >= 4 is 55.1 Å². The minimum absolute atomic E-state index is 0.0230. The van der Waals surface area contributed by atoms with Crippen LogP contribution in [-0.4, -0.2) is 78.0 Å². The molecule has 0 amide bonds. The molecule has 1 aliphatic rings. The average molecular weight is 630 g/mol. The lowest BCUT2D eigenvalue weighted by Crippen LogP contribution is -2.46. The van der Waals surface area contributed by atoms with Gasteiger partial charge in [-0.3, -0.25) is 0 Å². The molecule has 2 heterocycles. The predicted molar refractivity (Wildman–Crippen MR) is 160 cm³/mol. The fourth-order valence-corrected chi connectivity index (χ4v) is 7.87. The van der Waals surface area contributed by atoms with Gasteiger partial charge in [0, 0.05) is 30.3 Å². The van der Waals surface area contributed by atoms with E-state index < -0.39 is 41.8 Å². The highest BCUT2D eigenvalue weighted by atomic mass is 32.2. The van der Waals surface area contributed by atoms with Gasteiger partial charge in [0.05, 0.1) is 39.2 Å². The maximum absolute atomic E-state index is 14.7. The summed E-state index contributed by atoms with van der Waals surface area (Å²) in [6.07, 6.45) is -5.08. The van der Waals surface area contributed by atoms with Crippen LogP contribution in [0.4, 0.5) is 28.9 Å². The molecular weight excluding hydrogens is 597 g/mol. The summed E-state index contributed by atoms with van der Waals surface area (Å²) in [6.45, 7) is 4.06. The number of fused-ring (bicyclic) bond motifs is 1. The van der Waals surface area contributed by atoms with Crippen molar-refractivity contribution in [3.05, 3.63) is 46.8 Å². The number of likely N-dealkylation sites (tertiary alicyclic amines) is 1. The SMILES string of the molecule is CN1CCC(Nc2cccc3c(CC(F)(F)F)c(C#CCNc4ccc(S(C)(=O)=O)cc4P(C)(C)=O)sc23)C(F)C1. The molecular formula is C28H32F4N3O3PS2. The van der Waals surface area contributed by atoms with E-state index in [-0.39, 0.29) is 28.4 Å². The highest BCUT2D eigenvalue weighted by Crippen LogP contribution is 2.40. The second-order valence-electron chi connectivity index (χ2n) is 10.7. The standard InChI is InChI=1S/C28H32F4N3O3PS2/c1-35-14-12-22(21(29)17-35)34-24-8-5-7-19-20(16-28(30,31)32)26(40-27(19)24)9-6-13-33-23-11-10-18(41(4,37)38)15-25(23)39(2,3)36/h5,7-8,10-11,15,21-22,33-34H,12-14,16-17H2,1-4H3. The van der Waals surface area contributed by atoms with Crippen molar-refractivity contribution in [2.24, 2.45) is 0 Å². The zero-order valence-electron chi connectivity index (χ0n) is 23.1. The largest absolute Gasteiger partial charge is 0.393 e. The highest BCUT2D eigenvalue weighted by molar-refractivity contribution is 7.90. The molecule has 0 bridgehead atoms. The number of anilines is 2. The van der Waals surface area contributed by atoms with Gasteiger partial charge in [0.2, 0.25) is 0 Å². The number of benzene rings is 2. The lowest BCUT2D eigenvalue weighted by Gasteiger charge is -2.33. The van der Waals surface area contributed by atoms with E-state index in [9.17, 15) is 30.5 Å². The first kappa shape index (κ1) is 31.4. The molecule has 1 aliphatic heterocycles. The molecule has 1 fully saturated rings. The van der Waals surface area contributed by atoms with Gasteiger partial charge in [-0.2, -0.15) is 13.2 Å². The van der Waals surface area contributed by atoms with E-state index in [4.69, 9.17) is 0 Å². The van der Waals surface area contributed by atoms with Gasteiger partial charge in [0.25, 0.3) is 0 Å². The van der Waals surface area contributed by atoms with Crippen LogP contribution in [0.15, 0.2) is 41.3 Å². The van der Waals surface area contributed by atoms with Gasteiger partial charge in [-0.25, -0.2) is 12.8 Å². The number of nitrogens with zero attached hydrogens (tertiary/aromatic N) is 1. The van der Waals surface area contributed by atoms with Crippen LogP contribution >= 0.6 is 18.5 Å². The molecule has 41 heavy (non-hydrogen) atoms. The van der Waals surface area contributed by atoms with Crippen molar-refractivity contribution in [1.82, 2.24) is 4.90 Å². The lowest BCUT2D eigenvalue weighted by molar-refractivity contribution is -0.126. The first-order valence-corrected chi connectivity index (χ1v) is 18.2. The summed E-state index contributed by atoms with van der Waals surface area (Å²) in [5.74, 6) is 5.73. The van der Waals surface area contributed by atoms with Crippen LogP contribution in [0.1, 0.15) is 16.9 Å². The van der Waals surface area contributed by atoms with E-state index in [2.05, 4.69) is 22.5 Å². The molecule has 2 aromatic carbocycles. The topological polar surface area (TPSA) is 78.5 Å². The molecule has 0 radical (unpaired) electrons. The van der Waals surface area contributed by atoms with E-state index >= 15 is 0 Å². The van der Waals surface area contributed by atoms with E-state index in [0.29, 0.717) is 39.7 Å². The molecule has 13 heteroatoms. The second kappa shape index (κ2) is 12.0. The van der Waals surface area contributed by atoms with Crippen LogP contribution in [-0.2, 0) is 20.8 Å². The summed E-state index contributed by atoms with van der Waals surface area (Å²) in [5, 5.41) is 7.02. The van der Waals surface area contributed by atoms with Crippen LogP contribution in [0.25, 0.3) is 10.1 Å². The van der Waals surface area contributed by atoms with Gasteiger partial charge >= 0.3 is 6.18 Å². The van der Waals surface area contributed by atoms with Crippen LogP contribution in [0.3, 0.4) is 0 Å². The number of hydrogen-bond donors (Lipinski definition) is 2. The van der Waals surface area contributed by atoms with Gasteiger partial charge in [-0.05, 0) is 62.0 Å². The average Bonchev–Trinajstić information content (AvgIpc) is 3.19. The molecule has 2 unspecified atom stereocenters. The molecule has 0 aliphatic carbocycles. The number of piperidine rings is 1. The van der Waals surface area contributed by atoms with E-state index in [0.717, 1.165) is 17.6 Å². The Kier molecular flexibility index (Phi) is 9.15. The Hall–Kier alpha value is -2.58. The third-order valence-corrected chi connectivity index (χ3v) is 10.7. The Bertz CT molecular complexity index is 1660. The molecule has 0 spiro atoms. The maximum Gasteiger partial charge on any atom is 0.393 e. The summed E-state index contributed by atoms with van der Waals surface area (Å²) in [6, 6.07) is 8.88. The van der Waals surface area contributed by atoms with Crippen LogP contribution < -0.4 is 15.9 Å². The number of rotatable bonds is 7. The fourth-order valence-electron chi connectivity index (χ4n) is 4.78. The third kappa shape index (κ3) is 7.83. The number of alkyl halides is 4. The van der Waals surface area contributed by atoms with Crippen LogP contribution in [0.5, 0.6) is 0 Å². The van der Waals surface area contributed by atoms with Gasteiger partial charge in [-0.1, -0.05) is 24.0 Å². The first-order valence-electron chi connectivity index (χ1n) is 12.9. The minimum atomic E-state index is -4.45. The minimum Gasteiger partial charge on any atom is -0.378 e. The van der Waals surface area contributed by atoms with Gasteiger partial charge in [-0.15, -0.1) is 11.3 Å². The van der Waals surface area contributed by atoms with E-state index in [1.54, 1.807) is 18.2 Å². The number of hydrogen-bond acceptors (Lipinski definition) is 7. The predicted octanol–water partition coefficient (Wildman–Crippen LogP) is 5.58. The van der Waals surface area contributed by atoms with Crippen molar-refractivity contribution in [1.29, 1.82) is 0 Å². The molecule has 222 valence electrons. The molecule has 1 aromatic heterocycles. The summed E-state index contributed by atoms with van der Waals surface area (Å²) < 4.78 is 92.8. The zero-order chi connectivity index (χ0) is 30.2. The number of nitrogens with one attached hydrogen (secondary N) is 2. The Morgan fingerprint density at radius 3 is 2.54 bits per heavy atom. The van der Waals surface area contributed by atoms with Crippen molar-refractivity contribution in [2.75, 3.05) is 56.9 Å². The quantitative estimate of drug-likeness (QED) is 0.202. The van der Waals surface area contributed by atoms with Crippen molar-refractivity contribution in [2.45, 2.75) is 36.1 Å². The Balaban J connectivity index is 1.64. The number of thiophene rings is 1. The van der Waals surface area contributed by atoms with Crippen LogP contribution in [0.2, 0.25) is 0 Å². The van der Waals surface area contributed by atoms with Crippen LogP contribution in [0, 0.1) is 11.8 Å². The van der Waals surface area contributed by atoms with Crippen molar-refractivity contribution in [3.63, 3.8) is 0 Å². The summed E-state index contributed by atoms with van der Waals surface area (Å²) in [5.41, 5.74) is 1.09. The number of halogens is 4. The zero-order valence-corrected chi connectivity index (χ0v) is 25.6. The maximum atomic E-state index is 14.7. The van der Waals surface area contributed by atoms with Gasteiger partial charge in [0.1, 0.15) is 13.3 Å². The summed E-state index contributed by atoms with van der Waals surface area (Å²) in [7, 11) is -4.54. The van der Waals surface area contributed by atoms with Gasteiger partial charge < -0.3 is 20.1 Å². The lowest BCUT2D eigenvalue weighted by atomic mass is 10.0. The Labute approximate surface area is 241 Å². The molecule has 4 rings (SSSR count). The monoisotopic (exact) mass is 629 g/mol. The smallest absolute Gasteiger partial charge is 0.378 e. The second-order valence-corrected chi connectivity index (χ2v) is 16.9. The van der Waals surface area contributed by atoms with E-state index in [1.165, 1.54) is 31.5 Å². The van der Waals surface area contributed by atoms with Crippen molar-refractivity contribution in [3.8, 4) is 11.8 Å². The Morgan fingerprint density at radius 2 is 1.90 bits per heavy atom. The number of sulfone groups is 1. The summed E-state index contributed by atoms with van der Waals surface area (Å²) in [4.78, 5) is 2.21. The fraction of sp³-hybridized carbons (Fsp3) is 0.429. The van der Waals surface area contributed by atoms with E-state index in [1.807, 2.05) is 11.9 Å². The third-order valence-electron chi connectivity index (χ3n) is 6.83. The van der Waals surface area contributed by atoms with Crippen molar-refractivity contribution < 1.29 is 30.5 Å². The molecule has 1 saturated heterocycles. The molecule has 2 N–H and O–H groups in total. The molecule has 6 nitrogen and oxygen atoms in total. The molecule has 3 aromatic rings. The molecule has 2 atom stereocenters. The highest BCUT2D eigenvalue weighted by Gasteiger charge is 2.32. The van der Waals surface area contributed by atoms with Gasteiger partial charge in [0.15, 0.2) is 9.84 Å². The first-order chi connectivity index (χ1) is 19.0. The molecule has 0 saturated carbocycles. The summed E-state index contributed by atoms with van der Waals surface area (Å²) >= 11 is 1.13.